The van der Waals surface area contributed by atoms with E-state index in [4.69, 9.17) is 0 Å². The summed E-state index contributed by atoms with van der Waals surface area (Å²) in [6.07, 6.45) is 9.00. The fourth-order valence-corrected chi connectivity index (χ4v) is 3.12. The molecule has 0 radical (unpaired) electrons. The van der Waals surface area contributed by atoms with Crippen molar-refractivity contribution in [2.24, 2.45) is 7.05 Å². The van der Waals surface area contributed by atoms with Gasteiger partial charge in [-0.15, -0.1) is 0 Å². The van der Waals surface area contributed by atoms with Crippen molar-refractivity contribution < 1.29 is 9.59 Å². The molecule has 120 valence electrons. The molecule has 0 aliphatic carbocycles. The molecule has 1 saturated heterocycles. The van der Waals surface area contributed by atoms with E-state index in [9.17, 15) is 9.59 Å². The Labute approximate surface area is 133 Å². The van der Waals surface area contributed by atoms with E-state index in [0.717, 1.165) is 6.42 Å². The lowest BCUT2D eigenvalue weighted by atomic mass is 9.90. The Morgan fingerprint density at radius 1 is 1.30 bits per heavy atom. The molecule has 0 saturated carbocycles. The number of carbonyl (C=O) groups excluding carboxylic acids is 2. The van der Waals surface area contributed by atoms with Gasteiger partial charge in [-0.25, -0.2) is 0 Å². The second-order valence-corrected chi connectivity index (χ2v) is 5.49. The van der Waals surface area contributed by atoms with Crippen LogP contribution < -0.4 is 5.32 Å². The Morgan fingerprint density at radius 2 is 2.13 bits per heavy atom. The van der Waals surface area contributed by atoms with Crippen molar-refractivity contribution in [3.63, 3.8) is 0 Å². The van der Waals surface area contributed by atoms with Crippen molar-refractivity contribution in [2.45, 2.75) is 18.4 Å². The van der Waals surface area contributed by atoms with E-state index in [0.29, 0.717) is 24.2 Å². The van der Waals surface area contributed by atoms with Crippen LogP contribution in [0, 0.1) is 0 Å². The summed E-state index contributed by atoms with van der Waals surface area (Å²) in [5.41, 5.74) is -0.198. The van der Waals surface area contributed by atoms with Crippen molar-refractivity contribution in [2.75, 3.05) is 13.6 Å². The predicted octanol–water partition coefficient (Wildman–Crippen LogP) is 0.0876. The molecule has 1 unspecified atom stereocenters. The summed E-state index contributed by atoms with van der Waals surface area (Å²) in [6.45, 7) is 0.484. The quantitative estimate of drug-likeness (QED) is 0.866. The van der Waals surface area contributed by atoms with Gasteiger partial charge in [0.25, 0.3) is 11.8 Å². The fraction of sp³-hybridized carbons (Fsp3) is 0.400. The van der Waals surface area contributed by atoms with Crippen LogP contribution in [0.4, 0.5) is 0 Å². The highest BCUT2D eigenvalue weighted by Crippen LogP contribution is 2.39. The molecule has 0 aromatic carbocycles. The standard InChI is InChI=1S/C15H18N6O2/c1-16-14(23)15(12-9-17-5-6-18-12)4-3-7-21(15)13(22)11-8-19-20(2)10-11/h5-6,8-10H,3-4,7H2,1-2H3,(H,16,23). The average molecular weight is 314 g/mol. The Bertz CT molecular complexity index is 729. The smallest absolute Gasteiger partial charge is 0.258 e. The van der Waals surface area contributed by atoms with E-state index >= 15 is 0 Å². The molecule has 2 aromatic rings. The van der Waals surface area contributed by atoms with E-state index < -0.39 is 5.54 Å². The monoisotopic (exact) mass is 314 g/mol. The minimum Gasteiger partial charge on any atom is -0.357 e. The Balaban J connectivity index is 2.07. The summed E-state index contributed by atoms with van der Waals surface area (Å²) in [5, 5.41) is 6.70. The lowest BCUT2D eigenvalue weighted by Crippen LogP contribution is -2.54. The number of aryl methyl sites for hydroxylation is 1. The third-order valence-electron chi connectivity index (χ3n) is 4.17. The molecule has 0 spiro atoms. The van der Waals surface area contributed by atoms with Gasteiger partial charge in [0.2, 0.25) is 0 Å². The molecule has 2 aromatic heterocycles. The first-order valence-electron chi connectivity index (χ1n) is 7.39. The molecule has 2 amide bonds. The maximum Gasteiger partial charge on any atom is 0.258 e. The SMILES string of the molecule is CNC(=O)C1(c2cnccn2)CCCN1C(=O)c1cnn(C)c1. The molecule has 1 atom stereocenters. The normalized spacial score (nSPS) is 20.5. The molecule has 8 nitrogen and oxygen atoms in total. The fourth-order valence-electron chi connectivity index (χ4n) is 3.12. The number of likely N-dealkylation sites (tertiary alicyclic amines) is 1. The second-order valence-electron chi connectivity index (χ2n) is 5.49. The van der Waals surface area contributed by atoms with E-state index in [1.165, 1.54) is 12.4 Å². The van der Waals surface area contributed by atoms with E-state index in [1.807, 2.05) is 0 Å². The zero-order valence-corrected chi connectivity index (χ0v) is 13.1. The van der Waals surface area contributed by atoms with Gasteiger partial charge in [-0.05, 0) is 12.8 Å². The average Bonchev–Trinajstić information content (AvgIpc) is 3.21. The molecule has 0 bridgehead atoms. The molecular weight excluding hydrogens is 296 g/mol. The van der Waals surface area contributed by atoms with Gasteiger partial charge in [-0.1, -0.05) is 0 Å². The number of carbonyl (C=O) groups is 2. The minimum absolute atomic E-state index is 0.232. The zero-order valence-electron chi connectivity index (χ0n) is 13.1. The van der Waals surface area contributed by atoms with Crippen LogP contribution in [0.15, 0.2) is 31.0 Å². The van der Waals surface area contributed by atoms with Crippen LogP contribution in [-0.4, -0.2) is 50.1 Å². The number of hydrogen-bond acceptors (Lipinski definition) is 5. The van der Waals surface area contributed by atoms with Gasteiger partial charge in [-0.3, -0.25) is 24.2 Å². The van der Waals surface area contributed by atoms with E-state index in [-0.39, 0.29) is 11.8 Å². The molecule has 1 aliphatic rings. The lowest BCUT2D eigenvalue weighted by molar-refractivity contribution is -0.131. The number of amides is 2. The molecule has 3 rings (SSSR count). The largest absolute Gasteiger partial charge is 0.357 e. The Kier molecular flexibility index (Phi) is 3.81. The molecule has 1 fully saturated rings. The van der Waals surface area contributed by atoms with Gasteiger partial charge >= 0.3 is 0 Å². The topological polar surface area (TPSA) is 93.0 Å². The highest BCUT2D eigenvalue weighted by molar-refractivity contribution is 5.99. The van der Waals surface area contributed by atoms with Gasteiger partial charge in [0, 0.05) is 39.2 Å². The van der Waals surface area contributed by atoms with Crippen LogP contribution in [0.1, 0.15) is 28.9 Å². The minimum atomic E-state index is -1.13. The molecule has 3 heterocycles. The zero-order chi connectivity index (χ0) is 16.4. The number of aromatic nitrogens is 4. The molecular formula is C15H18N6O2. The van der Waals surface area contributed by atoms with Crippen LogP contribution in [-0.2, 0) is 17.4 Å². The number of likely N-dealkylation sites (N-methyl/N-ethyl adjacent to an activating group) is 1. The number of nitrogens with one attached hydrogen (secondary N) is 1. The maximum atomic E-state index is 12.9. The van der Waals surface area contributed by atoms with Gasteiger partial charge < -0.3 is 10.2 Å². The van der Waals surface area contributed by atoms with Crippen LogP contribution in [0.3, 0.4) is 0 Å². The third kappa shape index (κ3) is 2.36. The van der Waals surface area contributed by atoms with Crippen LogP contribution in [0.25, 0.3) is 0 Å². The van der Waals surface area contributed by atoms with Crippen molar-refractivity contribution >= 4 is 11.8 Å². The lowest BCUT2D eigenvalue weighted by Gasteiger charge is -2.35. The summed E-state index contributed by atoms with van der Waals surface area (Å²) in [5.74, 6) is -0.488. The highest BCUT2D eigenvalue weighted by Gasteiger charge is 2.52. The van der Waals surface area contributed by atoms with Crippen LogP contribution >= 0.6 is 0 Å². The maximum absolute atomic E-state index is 12.9. The molecule has 8 heteroatoms. The number of hydrogen-bond donors (Lipinski definition) is 1. The van der Waals surface area contributed by atoms with E-state index in [2.05, 4.69) is 20.4 Å². The van der Waals surface area contributed by atoms with Crippen molar-refractivity contribution in [3.8, 4) is 0 Å². The highest BCUT2D eigenvalue weighted by atomic mass is 16.2. The Morgan fingerprint density at radius 3 is 2.74 bits per heavy atom. The summed E-state index contributed by atoms with van der Waals surface area (Å²) < 4.78 is 1.56. The second kappa shape index (κ2) is 5.79. The van der Waals surface area contributed by atoms with Crippen LogP contribution in [0.5, 0.6) is 0 Å². The Hall–Kier alpha value is -2.77. The summed E-state index contributed by atoms with van der Waals surface area (Å²) in [6, 6.07) is 0. The van der Waals surface area contributed by atoms with Crippen molar-refractivity contribution in [1.82, 2.24) is 30.0 Å². The first-order valence-corrected chi connectivity index (χ1v) is 7.39. The predicted molar refractivity (Wildman–Crippen MR) is 81.3 cm³/mol. The van der Waals surface area contributed by atoms with Gasteiger partial charge in [0.1, 0.15) is 0 Å². The van der Waals surface area contributed by atoms with Crippen molar-refractivity contribution in [1.29, 1.82) is 0 Å². The first-order chi connectivity index (χ1) is 11.1. The number of rotatable bonds is 3. The van der Waals surface area contributed by atoms with E-state index in [1.54, 1.807) is 42.3 Å². The number of nitrogens with zero attached hydrogens (tertiary/aromatic N) is 5. The molecule has 1 N–H and O–H groups in total. The molecule has 1 aliphatic heterocycles. The summed E-state index contributed by atoms with van der Waals surface area (Å²) >= 11 is 0. The van der Waals surface area contributed by atoms with Gasteiger partial charge in [0.15, 0.2) is 5.54 Å². The summed E-state index contributed by atoms with van der Waals surface area (Å²) in [4.78, 5) is 35.5. The van der Waals surface area contributed by atoms with Crippen molar-refractivity contribution in [3.05, 3.63) is 42.2 Å². The molecule has 23 heavy (non-hydrogen) atoms. The first kappa shape index (κ1) is 15.1. The van der Waals surface area contributed by atoms with Gasteiger partial charge in [0.05, 0.1) is 23.7 Å². The van der Waals surface area contributed by atoms with Gasteiger partial charge in [-0.2, -0.15) is 5.10 Å². The third-order valence-corrected chi connectivity index (χ3v) is 4.17. The van der Waals surface area contributed by atoms with Crippen LogP contribution in [0.2, 0.25) is 0 Å². The summed E-state index contributed by atoms with van der Waals surface area (Å²) in [7, 11) is 3.31.